The highest BCUT2D eigenvalue weighted by Crippen LogP contribution is 2.30. The molecule has 0 saturated carbocycles. The normalized spacial score (nSPS) is 16.9. The lowest BCUT2D eigenvalue weighted by Gasteiger charge is -2.15. The summed E-state index contributed by atoms with van der Waals surface area (Å²) in [6.45, 7) is 2.37. The predicted molar refractivity (Wildman–Crippen MR) is 118 cm³/mol. The Kier molecular flexibility index (Phi) is 6.98. The molecule has 0 unspecified atom stereocenters. The molecule has 0 radical (unpaired) electrons. The average Bonchev–Trinajstić information content (AvgIpc) is 3.02. The Labute approximate surface area is 181 Å². The number of nitro benzene ring substituents is 1. The Morgan fingerprint density at radius 3 is 2.68 bits per heavy atom. The molecule has 1 saturated heterocycles. The van der Waals surface area contributed by atoms with E-state index in [4.69, 9.17) is 10.5 Å². The van der Waals surface area contributed by atoms with Gasteiger partial charge in [-0.2, -0.15) is 5.10 Å². The predicted octanol–water partition coefficient (Wildman–Crippen LogP) is 2.71. The molecule has 0 aliphatic carbocycles. The molecule has 1 fully saturated rings. The van der Waals surface area contributed by atoms with Crippen LogP contribution in [0.3, 0.4) is 0 Å². The zero-order valence-corrected chi connectivity index (χ0v) is 17.3. The largest absolute Gasteiger partial charge is 0.494 e. The highest BCUT2D eigenvalue weighted by Gasteiger charge is 2.40. The topological polar surface area (TPSA) is 140 Å². The molecular formula is C20H19N5O5S. The number of amidine groups is 1. The fourth-order valence-corrected chi connectivity index (χ4v) is 3.72. The van der Waals surface area contributed by atoms with E-state index < -0.39 is 16.1 Å². The molecule has 11 heteroatoms. The SMILES string of the molecule is CCOc1ccc(N2C(=O)C[C@@H](SC(N)=NN=Cc3ccccc3[N+](=O)[O-])C2=O)cc1. The van der Waals surface area contributed by atoms with Crippen molar-refractivity contribution in [3.05, 3.63) is 64.2 Å². The van der Waals surface area contributed by atoms with E-state index in [0.717, 1.165) is 16.7 Å². The van der Waals surface area contributed by atoms with Gasteiger partial charge in [0.05, 0.1) is 29.0 Å². The average molecular weight is 441 g/mol. The molecule has 2 amide bonds. The van der Waals surface area contributed by atoms with Crippen molar-refractivity contribution in [1.29, 1.82) is 0 Å². The summed E-state index contributed by atoms with van der Waals surface area (Å²) >= 11 is 0.918. The molecule has 1 atom stereocenters. The van der Waals surface area contributed by atoms with E-state index in [-0.39, 0.29) is 28.7 Å². The molecule has 0 aromatic heterocycles. The second-order valence-corrected chi connectivity index (χ2v) is 7.53. The van der Waals surface area contributed by atoms with Crippen molar-refractivity contribution in [2.45, 2.75) is 18.6 Å². The summed E-state index contributed by atoms with van der Waals surface area (Å²) < 4.78 is 5.37. The molecule has 1 aliphatic heterocycles. The molecule has 2 aromatic carbocycles. The maximum absolute atomic E-state index is 12.7. The standard InChI is InChI=1S/C20H19N5O5S/c1-2-30-15-9-7-14(8-10-15)24-18(26)11-17(19(24)27)31-20(21)23-22-12-13-5-3-4-6-16(13)25(28)29/h3-10,12,17H,2,11H2,1H3,(H2,21,23)/t17-/m1/s1. The number of hydrogen-bond acceptors (Lipinski definition) is 8. The Morgan fingerprint density at radius 2 is 2.00 bits per heavy atom. The van der Waals surface area contributed by atoms with Gasteiger partial charge in [0.1, 0.15) is 11.0 Å². The van der Waals surface area contributed by atoms with E-state index in [1.165, 1.54) is 18.3 Å². The Morgan fingerprint density at radius 1 is 1.29 bits per heavy atom. The molecule has 160 valence electrons. The molecule has 2 N–H and O–H groups in total. The number of carbonyl (C=O) groups excluding carboxylic acids is 2. The number of rotatable bonds is 7. The van der Waals surface area contributed by atoms with Crippen LogP contribution in [0, 0.1) is 10.1 Å². The number of thioether (sulfide) groups is 1. The van der Waals surface area contributed by atoms with Crippen molar-refractivity contribution < 1.29 is 19.2 Å². The van der Waals surface area contributed by atoms with Crippen molar-refractivity contribution in [3.8, 4) is 5.75 Å². The number of para-hydroxylation sites is 1. The summed E-state index contributed by atoms with van der Waals surface area (Å²) in [5, 5.41) is 17.8. The van der Waals surface area contributed by atoms with Gasteiger partial charge >= 0.3 is 0 Å². The first kappa shape index (κ1) is 22.0. The number of amides is 2. The quantitative estimate of drug-likeness (QED) is 0.229. The van der Waals surface area contributed by atoms with Crippen molar-refractivity contribution in [2.24, 2.45) is 15.9 Å². The third-order valence-corrected chi connectivity index (χ3v) is 5.24. The molecule has 1 heterocycles. The lowest BCUT2D eigenvalue weighted by molar-refractivity contribution is -0.385. The Hall–Kier alpha value is -3.73. The minimum Gasteiger partial charge on any atom is -0.494 e. The molecule has 10 nitrogen and oxygen atoms in total. The number of benzene rings is 2. The number of nitrogens with zero attached hydrogens (tertiary/aromatic N) is 4. The van der Waals surface area contributed by atoms with Gasteiger partial charge in [0.2, 0.25) is 11.8 Å². The molecule has 0 spiro atoms. The molecule has 3 rings (SSSR count). The molecule has 31 heavy (non-hydrogen) atoms. The summed E-state index contributed by atoms with van der Waals surface area (Å²) in [5.41, 5.74) is 6.43. The van der Waals surface area contributed by atoms with E-state index in [9.17, 15) is 19.7 Å². The van der Waals surface area contributed by atoms with Crippen molar-refractivity contribution >= 4 is 46.3 Å². The summed E-state index contributed by atoms with van der Waals surface area (Å²) in [4.78, 5) is 36.7. The van der Waals surface area contributed by atoms with Gasteiger partial charge in [-0.05, 0) is 37.3 Å². The fourth-order valence-electron chi connectivity index (χ4n) is 2.91. The van der Waals surface area contributed by atoms with Gasteiger partial charge < -0.3 is 10.5 Å². The minimum atomic E-state index is -0.732. The maximum Gasteiger partial charge on any atom is 0.278 e. The Balaban J connectivity index is 1.67. The number of nitro groups is 1. The monoisotopic (exact) mass is 441 g/mol. The van der Waals surface area contributed by atoms with Gasteiger partial charge in [-0.3, -0.25) is 19.7 Å². The zero-order valence-electron chi connectivity index (χ0n) is 16.5. The van der Waals surface area contributed by atoms with Gasteiger partial charge in [0, 0.05) is 12.5 Å². The second kappa shape index (κ2) is 9.85. The summed E-state index contributed by atoms with van der Waals surface area (Å²) in [6, 6.07) is 12.7. The second-order valence-electron chi connectivity index (χ2n) is 6.30. The first-order chi connectivity index (χ1) is 14.9. The van der Waals surface area contributed by atoms with E-state index in [1.54, 1.807) is 36.4 Å². The van der Waals surface area contributed by atoms with E-state index in [2.05, 4.69) is 10.2 Å². The fraction of sp³-hybridized carbons (Fsp3) is 0.200. The van der Waals surface area contributed by atoms with Crippen LogP contribution in [-0.4, -0.2) is 40.0 Å². The van der Waals surface area contributed by atoms with Gasteiger partial charge in [0.25, 0.3) is 5.69 Å². The number of imide groups is 1. The van der Waals surface area contributed by atoms with E-state index in [1.807, 2.05) is 6.92 Å². The van der Waals surface area contributed by atoms with E-state index >= 15 is 0 Å². The van der Waals surface area contributed by atoms with Crippen LogP contribution in [0.25, 0.3) is 0 Å². The van der Waals surface area contributed by atoms with Crippen molar-refractivity contribution in [3.63, 3.8) is 0 Å². The maximum atomic E-state index is 12.7. The highest BCUT2D eigenvalue weighted by molar-refractivity contribution is 8.14. The Bertz CT molecular complexity index is 1050. The van der Waals surface area contributed by atoms with Crippen LogP contribution in [-0.2, 0) is 9.59 Å². The third kappa shape index (κ3) is 5.25. The number of nitrogens with two attached hydrogens (primary N) is 1. The van der Waals surface area contributed by atoms with Gasteiger partial charge in [-0.15, -0.1) is 5.10 Å². The van der Waals surface area contributed by atoms with Crippen LogP contribution in [0.1, 0.15) is 18.9 Å². The van der Waals surface area contributed by atoms with Crippen LogP contribution < -0.4 is 15.4 Å². The first-order valence-corrected chi connectivity index (χ1v) is 10.1. The lowest BCUT2D eigenvalue weighted by atomic mass is 10.2. The van der Waals surface area contributed by atoms with Crippen LogP contribution >= 0.6 is 11.8 Å². The molecule has 1 aliphatic rings. The zero-order chi connectivity index (χ0) is 22.4. The lowest BCUT2D eigenvalue weighted by Crippen LogP contribution is -2.31. The minimum absolute atomic E-state index is 0.0270. The molecular weight excluding hydrogens is 422 g/mol. The number of ether oxygens (including phenoxy) is 1. The number of anilines is 1. The smallest absolute Gasteiger partial charge is 0.278 e. The number of carbonyl (C=O) groups is 2. The summed E-state index contributed by atoms with van der Waals surface area (Å²) in [6.07, 6.45) is 1.18. The summed E-state index contributed by atoms with van der Waals surface area (Å²) in [7, 11) is 0. The molecule has 0 bridgehead atoms. The van der Waals surface area contributed by atoms with Gasteiger partial charge in [0.15, 0.2) is 5.17 Å². The van der Waals surface area contributed by atoms with Gasteiger partial charge in [-0.25, -0.2) is 4.90 Å². The van der Waals surface area contributed by atoms with Crippen LogP contribution in [0.4, 0.5) is 11.4 Å². The first-order valence-electron chi connectivity index (χ1n) is 9.27. The van der Waals surface area contributed by atoms with Crippen LogP contribution in [0.5, 0.6) is 5.75 Å². The number of hydrogen-bond donors (Lipinski definition) is 1. The summed E-state index contributed by atoms with van der Waals surface area (Å²) in [5.74, 6) is -0.105. The van der Waals surface area contributed by atoms with Gasteiger partial charge in [-0.1, -0.05) is 23.9 Å². The highest BCUT2D eigenvalue weighted by atomic mass is 32.2. The van der Waals surface area contributed by atoms with Crippen molar-refractivity contribution in [2.75, 3.05) is 11.5 Å². The molecule has 2 aromatic rings. The van der Waals surface area contributed by atoms with Crippen LogP contribution in [0.15, 0.2) is 58.7 Å². The van der Waals surface area contributed by atoms with E-state index in [0.29, 0.717) is 18.0 Å². The van der Waals surface area contributed by atoms with Crippen molar-refractivity contribution in [1.82, 2.24) is 0 Å². The van der Waals surface area contributed by atoms with Crippen LogP contribution in [0.2, 0.25) is 0 Å². The third-order valence-electron chi connectivity index (χ3n) is 4.26.